The molecule has 1 unspecified atom stereocenters. The highest BCUT2D eigenvalue weighted by atomic mass is 19.1. The molecule has 2 heterocycles. The fourth-order valence-electron chi connectivity index (χ4n) is 4.70. The van der Waals surface area contributed by atoms with Crippen molar-refractivity contribution in [3.8, 4) is 0 Å². The van der Waals surface area contributed by atoms with E-state index < -0.39 is 17.0 Å². The maximum Gasteiger partial charge on any atom is 0.243 e. The number of fused-ring (bicyclic) bond motifs is 1. The molecule has 8 nitrogen and oxygen atoms in total. The molecule has 5 rings (SSSR count). The molecule has 1 aliphatic carbocycles. The predicted molar refractivity (Wildman–Crippen MR) is 145 cm³/mol. The van der Waals surface area contributed by atoms with E-state index in [2.05, 4.69) is 15.6 Å². The molecular formula is C30H30F2N4O4. The fraction of sp³-hybridized carbons (Fsp3) is 0.300. The number of carbonyl (C=O) groups is 4. The first-order valence-corrected chi connectivity index (χ1v) is 12.9. The van der Waals surface area contributed by atoms with E-state index in [9.17, 15) is 28.0 Å². The molecule has 3 amide bonds. The van der Waals surface area contributed by atoms with Crippen molar-refractivity contribution in [2.45, 2.75) is 33.1 Å². The van der Waals surface area contributed by atoms with Crippen LogP contribution in [0.4, 0.5) is 20.3 Å². The van der Waals surface area contributed by atoms with Crippen LogP contribution < -0.4 is 10.6 Å². The van der Waals surface area contributed by atoms with Crippen LogP contribution in [0.15, 0.2) is 66.9 Å². The summed E-state index contributed by atoms with van der Waals surface area (Å²) in [5.41, 5.74) is 1.64. The third-order valence-corrected chi connectivity index (χ3v) is 6.96. The minimum Gasteiger partial charge on any atom is -0.332 e. The van der Waals surface area contributed by atoms with Gasteiger partial charge in [-0.2, -0.15) is 0 Å². The number of amides is 3. The van der Waals surface area contributed by atoms with Crippen molar-refractivity contribution in [3.05, 3.63) is 89.6 Å². The van der Waals surface area contributed by atoms with Crippen molar-refractivity contribution in [2.24, 2.45) is 11.3 Å². The number of nitrogens with zero attached hydrogens (tertiary/aromatic N) is 2. The first-order chi connectivity index (χ1) is 19.0. The van der Waals surface area contributed by atoms with Crippen LogP contribution in [-0.2, 0) is 32.0 Å². The zero-order valence-corrected chi connectivity index (χ0v) is 22.2. The second-order valence-electron chi connectivity index (χ2n) is 10.3. The molecule has 208 valence electrons. The molecule has 0 radical (unpaired) electrons. The maximum atomic E-state index is 12.6. The van der Waals surface area contributed by atoms with Crippen molar-refractivity contribution in [1.82, 2.24) is 9.88 Å². The summed E-state index contributed by atoms with van der Waals surface area (Å²) in [7, 11) is 0. The number of nitrogens with one attached hydrogen (secondary N) is 2. The molecule has 1 fully saturated rings. The Morgan fingerprint density at radius 3 is 2.33 bits per heavy atom. The summed E-state index contributed by atoms with van der Waals surface area (Å²) in [6, 6.07) is 15.5. The number of hydrogen-bond acceptors (Lipinski definition) is 5. The Balaban J connectivity index is 0.000000398. The van der Waals surface area contributed by atoms with Gasteiger partial charge in [0.15, 0.2) is 0 Å². The minimum absolute atomic E-state index is 0.0775. The summed E-state index contributed by atoms with van der Waals surface area (Å²) < 4.78 is 23.9. The van der Waals surface area contributed by atoms with E-state index in [1.54, 1.807) is 38.2 Å². The SMILES string of the molecule is CC1(C)C(=O)CCN(CC(=O)Nc2ccc3c(c2)CC(C(=O)Nc2ccccn2)C3)C1=O.Fc1cccc(F)c1. The van der Waals surface area contributed by atoms with E-state index >= 15 is 0 Å². The van der Waals surface area contributed by atoms with Crippen LogP contribution in [-0.4, -0.2) is 46.5 Å². The van der Waals surface area contributed by atoms with Crippen molar-refractivity contribution >= 4 is 35.0 Å². The van der Waals surface area contributed by atoms with Gasteiger partial charge in [0.2, 0.25) is 17.7 Å². The van der Waals surface area contributed by atoms with Gasteiger partial charge in [-0.3, -0.25) is 19.2 Å². The van der Waals surface area contributed by atoms with E-state index in [4.69, 9.17) is 0 Å². The maximum absolute atomic E-state index is 12.6. The van der Waals surface area contributed by atoms with Crippen LogP contribution in [0.2, 0.25) is 0 Å². The van der Waals surface area contributed by atoms with Crippen molar-refractivity contribution in [3.63, 3.8) is 0 Å². The first kappa shape index (κ1) is 28.5. The second kappa shape index (κ2) is 12.1. The number of likely N-dealkylation sites (tertiary alicyclic amines) is 1. The number of aromatic nitrogens is 1. The van der Waals surface area contributed by atoms with Crippen LogP contribution >= 0.6 is 0 Å². The highest BCUT2D eigenvalue weighted by molar-refractivity contribution is 6.08. The molecule has 2 aliphatic rings. The van der Waals surface area contributed by atoms with Gasteiger partial charge in [0.05, 0.1) is 6.54 Å². The molecular weight excluding hydrogens is 518 g/mol. The van der Waals surface area contributed by atoms with Crippen molar-refractivity contribution in [1.29, 1.82) is 0 Å². The average Bonchev–Trinajstić information content (AvgIpc) is 3.34. The van der Waals surface area contributed by atoms with Gasteiger partial charge >= 0.3 is 0 Å². The zero-order valence-electron chi connectivity index (χ0n) is 22.2. The minimum atomic E-state index is -1.09. The van der Waals surface area contributed by atoms with Crippen LogP contribution in [0.3, 0.4) is 0 Å². The number of carbonyl (C=O) groups excluding carboxylic acids is 4. The molecule has 0 saturated carbocycles. The van der Waals surface area contributed by atoms with Crippen LogP contribution in [0.1, 0.15) is 31.4 Å². The third-order valence-electron chi connectivity index (χ3n) is 6.96. The van der Waals surface area contributed by atoms with Gasteiger partial charge in [0, 0.05) is 36.8 Å². The van der Waals surface area contributed by atoms with Gasteiger partial charge < -0.3 is 15.5 Å². The van der Waals surface area contributed by atoms with Gasteiger partial charge in [-0.1, -0.05) is 18.2 Å². The molecule has 0 bridgehead atoms. The van der Waals surface area contributed by atoms with Crippen molar-refractivity contribution in [2.75, 3.05) is 23.7 Å². The number of pyridine rings is 1. The van der Waals surface area contributed by atoms with Gasteiger partial charge in [-0.25, -0.2) is 13.8 Å². The quantitative estimate of drug-likeness (QED) is 0.466. The van der Waals surface area contributed by atoms with Gasteiger partial charge in [0.1, 0.15) is 28.7 Å². The largest absolute Gasteiger partial charge is 0.332 e. The van der Waals surface area contributed by atoms with E-state index in [-0.39, 0.29) is 48.9 Å². The van der Waals surface area contributed by atoms with E-state index in [1.165, 1.54) is 23.1 Å². The molecule has 1 atom stereocenters. The van der Waals surface area contributed by atoms with Crippen molar-refractivity contribution < 1.29 is 28.0 Å². The number of rotatable bonds is 5. The smallest absolute Gasteiger partial charge is 0.243 e. The normalized spacial score (nSPS) is 17.4. The second-order valence-corrected chi connectivity index (χ2v) is 10.3. The summed E-state index contributed by atoms with van der Waals surface area (Å²) in [6.45, 7) is 3.36. The van der Waals surface area contributed by atoms with Crippen LogP contribution in [0.5, 0.6) is 0 Å². The van der Waals surface area contributed by atoms with E-state index in [0.717, 1.165) is 17.2 Å². The predicted octanol–water partition coefficient (Wildman–Crippen LogP) is 4.17. The average molecular weight is 549 g/mol. The number of anilines is 2. The molecule has 10 heteroatoms. The first-order valence-electron chi connectivity index (χ1n) is 12.9. The van der Waals surface area contributed by atoms with Gasteiger partial charge in [-0.15, -0.1) is 0 Å². The standard InChI is InChI=1S/C24H26N4O4.C6H4F2/c1-24(2)19(29)8-10-28(23(24)32)14-21(30)26-18-7-6-15-11-17(12-16(15)13-18)22(31)27-20-5-3-4-9-25-20;7-5-2-1-3-6(8)4-5/h3-7,9,13,17H,8,10-12,14H2,1-2H3,(H,26,30)(H,25,27,31);1-4H. The number of piperidine rings is 1. The van der Waals surface area contributed by atoms with E-state index in [1.807, 2.05) is 18.2 Å². The Labute approximate surface area is 230 Å². The molecule has 1 aromatic heterocycles. The lowest BCUT2D eigenvalue weighted by molar-refractivity contribution is -0.153. The zero-order chi connectivity index (χ0) is 28.9. The number of benzene rings is 2. The molecule has 0 spiro atoms. The van der Waals surface area contributed by atoms with Gasteiger partial charge in [0.25, 0.3) is 0 Å². The highest BCUT2D eigenvalue weighted by Crippen LogP contribution is 2.30. The highest BCUT2D eigenvalue weighted by Gasteiger charge is 2.42. The summed E-state index contributed by atoms with van der Waals surface area (Å²) in [5.74, 6) is -1.55. The Morgan fingerprint density at radius 2 is 1.68 bits per heavy atom. The number of ketones is 1. The Hall–Kier alpha value is -4.47. The van der Waals surface area contributed by atoms with Gasteiger partial charge in [-0.05, 0) is 74.2 Å². The molecule has 40 heavy (non-hydrogen) atoms. The number of halogens is 2. The molecule has 1 saturated heterocycles. The summed E-state index contributed by atoms with van der Waals surface area (Å²) in [6.07, 6.45) is 3.10. The van der Waals surface area contributed by atoms with E-state index in [0.29, 0.717) is 24.3 Å². The molecule has 2 aromatic carbocycles. The monoisotopic (exact) mass is 548 g/mol. The van der Waals surface area contributed by atoms with Crippen LogP contribution in [0, 0.1) is 23.0 Å². The van der Waals surface area contributed by atoms with Crippen LogP contribution in [0.25, 0.3) is 0 Å². The number of Topliss-reactive ketones (excluding diaryl/α,β-unsaturated/α-hetero) is 1. The summed E-state index contributed by atoms with van der Waals surface area (Å²) in [4.78, 5) is 55.2. The Morgan fingerprint density at radius 1 is 0.950 bits per heavy atom. The lowest BCUT2D eigenvalue weighted by Gasteiger charge is -2.35. The lowest BCUT2D eigenvalue weighted by atomic mass is 9.82. The molecule has 2 N–H and O–H groups in total. The topological polar surface area (TPSA) is 108 Å². The lowest BCUT2D eigenvalue weighted by Crippen LogP contribution is -2.53. The summed E-state index contributed by atoms with van der Waals surface area (Å²) >= 11 is 0. The molecule has 3 aromatic rings. The third kappa shape index (κ3) is 6.93. The Kier molecular flexibility index (Phi) is 8.67. The fourth-order valence-corrected chi connectivity index (χ4v) is 4.70. The molecule has 1 aliphatic heterocycles. The number of hydrogen-bond donors (Lipinski definition) is 2. The Bertz CT molecular complexity index is 1410. The summed E-state index contributed by atoms with van der Waals surface area (Å²) in [5, 5.41) is 5.68.